The molecule has 0 radical (unpaired) electrons. The second-order valence-corrected chi connectivity index (χ2v) is 18.6. The van der Waals surface area contributed by atoms with Gasteiger partial charge in [-0.2, -0.15) is 0 Å². The molecule has 0 N–H and O–H groups in total. The highest BCUT2D eigenvalue weighted by atomic mass is 16.6. The number of hydrogen-bond acceptors (Lipinski definition) is 6. The van der Waals surface area contributed by atoms with E-state index in [0.717, 1.165) is 69.6 Å². The minimum Gasteiger partial charge on any atom is -0.462 e. The van der Waals surface area contributed by atoms with Crippen molar-refractivity contribution in [1.29, 1.82) is 0 Å². The summed E-state index contributed by atoms with van der Waals surface area (Å²) in [5.74, 6) is 0.809. The molecule has 0 aromatic heterocycles. The van der Waals surface area contributed by atoms with Gasteiger partial charge in [-0.25, -0.2) is 0 Å². The van der Waals surface area contributed by atoms with E-state index >= 15 is 0 Å². The molecule has 2 unspecified atom stereocenters. The molecule has 0 aromatic rings. The fourth-order valence-electron chi connectivity index (χ4n) is 7.93. The molecule has 0 aliphatic heterocycles. The van der Waals surface area contributed by atoms with Crippen molar-refractivity contribution in [3.63, 3.8) is 0 Å². The molecule has 0 amide bonds. The zero-order valence-corrected chi connectivity index (χ0v) is 40.4. The van der Waals surface area contributed by atoms with Crippen molar-refractivity contribution < 1.29 is 28.6 Å². The van der Waals surface area contributed by atoms with Crippen LogP contribution in [0.5, 0.6) is 0 Å². The molecule has 0 fully saturated rings. The Bertz CT molecular complexity index is 904. The van der Waals surface area contributed by atoms with Crippen molar-refractivity contribution in [3.8, 4) is 0 Å². The molecule has 0 bridgehead atoms. The molecule has 0 aromatic carbocycles. The molecule has 0 spiro atoms. The van der Waals surface area contributed by atoms with Crippen LogP contribution in [0.2, 0.25) is 0 Å². The first-order valence-corrected chi connectivity index (χ1v) is 26.3. The average molecular weight is 835 g/mol. The fraction of sp³-hybridized carbons (Fsp3) is 0.943. The summed E-state index contributed by atoms with van der Waals surface area (Å²) < 4.78 is 16.8. The highest BCUT2D eigenvalue weighted by Gasteiger charge is 2.19. The van der Waals surface area contributed by atoms with Crippen molar-refractivity contribution >= 4 is 17.9 Å². The van der Waals surface area contributed by atoms with E-state index in [1.54, 1.807) is 0 Å². The molecule has 0 rings (SSSR count). The van der Waals surface area contributed by atoms with Crippen LogP contribution in [0, 0.1) is 11.8 Å². The first-order chi connectivity index (χ1) is 28.8. The Morgan fingerprint density at radius 3 is 0.881 bits per heavy atom. The minimum absolute atomic E-state index is 0.0651. The lowest BCUT2D eigenvalue weighted by atomic mass is 9.99. The van der Waals surface area contributed by atoms with Gasteiger partial charge in [0, 0.05) is 19.3 Å². The summed E-state index contributed by atoms with van der Waals surface area (Å²) in [6, 6.07) is 0. The number of unbranched alkanes of at least 4 members (excludes halogenated alkanes) is 30. The van der Waals surface area contributed by atoms with Crippen molar-refractivity contribution in [2.45, 2.75) is 298 Å². The van der Waals surface area contributed by atoms with E-state index in [-0.39, 0.29) is 31.1 Å². The Morgan fingerprint density at radius 2 is 0.593 bits per heavy atom. The lowest BCUT2D eigenvalue weighted by Gasteiger charge is -2.18. The number of carbonyl (C=O) groups excluding carboxylic acids is 3. The Labute approximate surface area is 368 Å². The van der Waals surface area contributed by atoms with E-state index in [2.05, 4.69) is 34.6 Å². The molecule has 6 nitrogen and oxygen atoms in total. The molecule has 59 heavy (non-hydrogen) atoms. The van der Waals surface area contributed by atoms with Crippen LogP contribution in [0.15, 0.2) is 0 Å². The van der Waals surface area contributed by atoms with Crippen molar-refractivity contribution in [2.75, 3.05) is 13.2 Å². The number of carbonyl (C=O) groups is 3. The van der Waals surface area contributed by atoms with Crippen LogP contribution in [-0.2, 0) is 28.6 Å². The standard InChI is InChI=1S/C53H102O6/c1-6-9-10-11-12-13-14-15-16-17-18-19-20-21-22-23-28-35-40-45-53(56)59-50(47-58-52(55)44-39-34-30-29-32-37-42-49(5)8-3)46-57-51(54)43-38-33-27-25-24-26-31-36-41-48(4)7-2/h48-50H,6-47H2,1-5H3/t48?,49?,50-/m1/s1. The minimum atomic E-state index is -0.762. The van der Waals surface area contributed by atoms with Gasteiger partial charge in [0.25, 0.3) is 0 Å². The first-order valence-electron chi connectivity index (χ1n) is 26.3. The normalized spacial score (nSPS) is 13.0. The maximum Gasteiger partial charge on any atom is 0.306 e. The summed E-state index contributed by atoms with van der Waals surface area (Å²) in [6.45, 7) is 11.4. The zero-order valence-electron chi connectivity index (χ0n) is 40.4. The second-order valence-electron chi connectivity index (χ2n) is 18.6. The van der Waals surface area contributed by atoms with Gasteiger partial charge in [0.1, 0.15) is 13.2 Å². The monoisotopic (exact) mass is 835 g/mol. The first kappa shape index (κ1) is 57.4. The lowest BCUT2D eigenvalue weighted by Crippen LogP contribution is -2.30. The third-order valence-corrected chi connectivity index (χ3v) is 12.7. The van der Waals surface area contributed by atoms with E-state index in [4.69, 9.17) is 14.2 Å². The van der Waals surface area contributed by atoms with Crippen LogP contribution in [0.3, 0.4) is 0 Å². The lowest BCUT2D eigenvalue weighted by molar-refractivity contribution is -0.167. The molecule has 6 heteroatoms. The van der Waals surface area contributed by atoms with Gasteiger partial charge >= 0.3 is 17.9 Å². The molecule has 0 aliphatic rings. The molecular formula is C53H102O6. The predicted octanol–water partition coefficient (Wildman–Crippen LogP) is 16.9. The maximum absolute atomic E-state index is 12.8. The van der Waals surface area contributed by atoms with Gasteiger partial charge in [0.15, 0.2) is 6.10 Å². The Morgan fingerprint density at radius 1 is 0.339 bits per heavy atom. The molecule has 0 saturated heterocycles. The molecule has 0 aliphatic carbocycles. The second kappa shape index (κ2) is 45.9. The summed E-state index contributed by atoms with van der Waals surface area (Å²) in [5, 5.41) is 0. The highest BCUT2D eigenvalue weighted by molar-refractivity contribution is 5.71. The number of hydrogen-bond donors (Lipinski definition) is 0. The summed E-state index contributed by atoms with van der Waals surface area (Å²) in [5.41, 5.74) is 0. The van der Waals surface area contributed by atoms with E-state index in [1.807, 2.05) is 0 Å². The molecular weight excluding hydrogens is 733 g/mol. The largest absolute Gasteiger partial charge is 0.462 e. The predicted molar refractivity (Wildman–Crippen MR) is 252 cm³/mol. The van der Waals surface area contributed by atoms with Crippen LogP contribution in [-0.4, -0.2) is 37.2 Å². The quantitative estimate of drug-likeness (QED) is 0.0345. The van der Waals surface area contributed by atoms with Gasteiger partial charge < -0.3 is 14.2 Å². The summed E-state index contributed by atoms with van der Waals surface area (Å²) >= 11 is 0. The van der Waals surface area contributed by atoms with Gasteiger partial charge in [-0.15, -0.1) is 0 Å². The molecule has 0 saturated carbocycles. The maximum atomic E-state index is 12.8. The van der Waals surface area contributed by atoms with Gasteiger partial charge in [-0.1, -0.05) is 253 Å². The van der Waals surface area contributed by atoms with Gasteiger partial charge in [-0.05, 0) is 31.1 Å². The zero-order chi connectivity index (χ0) is 43.3. The van der Waals surface area contributed by atoms with Crippen LogP contribution in [0.25, 0.3) is 0 Å². The van der Waals surface area contributed by atoms with Crippen molar-refractivity contribution in [3.05, 3.63) is 0 Å². The van der Waals surface area contributed by atoms with E-state index < -0.39 is 6.10 Å². The Hall–Kier alpha value is -1.59. The van der Waals surface area contributed by atoms with E-state index in [9.17, 15) is 14.4 Å². The summed E-state index contributed by atoms with van der Waals surface area (Å²) in [4.78, 5) is 37.9. The summed E-state index contributed by atoms with van der Waals surface area (Å²) in [6.07, 6.45) is 46.6. The molecule has 0 heterocycles. The van der Waals surface area contributed by atoms with Crippen LogP contribution in [0.4, 0.5) is 0 Å². The van der Waals surface area contributed by atoms with Gasteiger partial charge in [-0.3, -0.25) is 14.4 Å². The third-order valence-electron chi connectivity index (χ3n) is 12.7. The van der Waals surface area contributed by atoms with Gasteiger partial charge in [0.2, 0.25) is 0 Å². The SMILES string of the molecule is CCCCCCCCCCCCCCCCCCCCCC(=O)O[C@H](COC(=O)CCCCCCCCCCC(C)CC)COC(=O)CCCCCCCCC(C)CC. The molecule has 350 valence electrons. The van der Waals surface area contributed by atoms with Crippen molar-refractivity contribution in [1.82, 2.24) is 0 Å². The average Bonchev–Trinajstić information content (AvgIpc) is 3.23. The van der Waals surface area contributed by atoms with Crippen LogP contribution >= 0.6 is 0 Å². The fourth-order valence-corrected chi connectivity index (χ4v) is 7.93. The number of rotatable bonds is 47. The highest BCUT2D eigenvalue weighted by Crippen LogP contribution is 2.18. The number of ether oxygens (including phenoxy) is 3. The van der Waals surface area contributed by atoms with Crippen molar-refractivity contribution in [2.24, 2.45) is 11.8 Å². The van der Waals surface area contributed by atoms with Gasteiger partial charge in [0.05, 0.1) is 0 Å². The molecule has 3 atom stereocenters. The summed E-state index contributed by atoms with van der Waals surface area (Å²) in [7, 11) is 0. The Balaban J connectivity index is 4.27. The number of esters is 3. The van der Waals surface area contributed by atoms with Crippen LogP contribution in [0.1, 0.15) is 291 Å². The van der Waals surface area contributed by atoms with E-state index in [1.165, 1.54) is 180 Å². The smallest absolute Gasteiger partial charge is 0.306 e. The van der Waals surface area contributed by atoms with Crippen LogP contribution < -0.4 is 0 Å². The van der Waals surface area contributed by atoms with E-state index in [0.29, 0.717) is 19.3 Å². The topological polar surface area (TPSA) is 78.9 Å². The Kier molecular flexibility index (Phi) is 44.7. The third kappa shape index (κ3) is 44.3.